The summed E-state index contributed by atoms with van der Waals surface area (Å²) in [7, 11) is 2.03. The third-order valence-corrected chi connectivity index (χ3v) is 6.31. The van der Waals surface area contributed by atoms with Gasteiger partial charge in [-0.3, -0.25) is 4.79 Å². The van der Waals surface area contributed by atoms with Crippen LogP contribution in [-0.2, 0) is 13.5 Å². The quantitative estimate of drug-likeness (QED) is 0.700. The Morgan fingerprint density at radius 3 is 3.00 bits per heavy atom. The molecule has 2 aliphatic heterocycles. The Kier molecular flexibility index (Phi) is 4.43. The molecule has 1 atom stereocenters. The Balaban J connectivity index is 1.23. The summed E-state index contributed by atoms with van der Waals surface area (Å²) >= 11 is 0. The Morgan fingerprint density at radius 2 is 2.07 bits per heavy atom. The normalized spacial score (nSPS) is 20.7. The summed E-state index contributed by atoms with van der Waals surface area (Å²) in [6.07, 6.45) is 5.10. The molecule has 0 spiro atoms. The summed E-state index contributed by atoms with van der Waals surface area (Å²) in [4.78, 5) is 17.4. The maximum atomic E-state index is 12.9. The molecular weight excluding hydrogens is 352 g/mol. The largest absolute Gasteiger partial charge is 0.356 e. The molecular formula is C22H26N4O2. The van der Waals surface area contributed by atoms with Crippen LogP contribution in [0, 0.1) is 0 Å². The number of rotatable bonds is 4. The number of nitrogens with zero attached hydrogens (tertiary/aromatic N) is 4. The topological polar surface area (TPSA) is 54.5 Å². The standard InChI is InChI=1S/C22H26N4O2/c1-24-11-9-17-19(24)6-4-10-26(22(17)27)14-13-25-12-8-16(15-25)21-18-5-2-3-7-20(18)28-23-21/h2-3,5,7,9,11,16H,4,6,8,10,12-15H2,1H3. The maximum Gasteiger partial charge on any atom is 0.255 e. The summed E-state index contributed by atoms with van der Waals surface area (Å²) in [5.74, 6) is 0.593. The van der Waals surface area contributed by atoms with E-state index in [0.717, 1.165) is 74.2 Å². The van der Waals surface area contributed by atoms with Crippen LogP contribution in [0.4, 0.5) is 0 Å². The average Bonchev–Trinajstić information content (AvgIpc) is 3.40. The minimum Gasteiger partial charge on any atom is -0.356 e. The van der Waals surface area contributed by atoms with E-state index in [2.05, 4.69) is 20.7 Å². The van der Waals surface area contributed by atoms with Crippen LogP contribution in [0.1, 0.15) is 40.5 Å². The fraction of sp³-hybridized carbons (Fsp3) is 0.455. The number of carbonyl (C=O) groups is 1. The van der Waals surface area contributed by atoms with Gasteiger partial charge in [-0.1, -0.05) is 17.3 Å². The second-order valence-electron chi connectivity index (χ2n) is 8.03. The Bertz CT molecular complexity index is 1010. The second-order valence-corrected chi connectivity index (χ2v) is 8.03. The number of carbonyl (C=O) groups excluding carboxylic acids is 1. The van der Waals surface area contributed by atoms with Crippen molar-refractivity contribution in [3.8, 4) is 0 Å². The van der Waals surface area contributed by atoms with E-state index in [4.69, 9.17) is 4.52 Å². The molecule has 5 rings (SSSR count). The van der Waals surface area contributed by atoms with Crippen molar-refractivity contribution in [2.75, 3.05) is 32.7 Å². The molecule has 4 heterocycles. The molecule has 1 unspecified atom stereocenters. The van der Waals surface area contributed by atoms with E-state index in [-0.39, 0.29) is 5.91 Å². The summed E-state index contributed by atoms with van der Waals surface area (Å²) in [6, 6.07) is 10.1. The first-order chi connectivity index (χ1) is 13.7. The number of para-hydroxylation sites is 1. The third-order valence-electron chi connectivity index (χ3n) is 6.31. The lowest BCUT2D eigenvalue weighted by Crippen LogP contribution is -2.38. The van der Waals surface area contributed by atoms with E-state index in [0.29, 0.717) is 5.92 Å². The number of hydrogen-bond donors (Lipinski definition) is 0. The fourth-order valence-corrected chi connectivity index (χ4v) is 4.71. The summed E-state index contributed by atoms with van der Waals surface area (Å²) in [6.45, 7) is 4.58. The van der Waals surface area contributed by atoms with Crippen molar-refractivity contribution in [1.82, 2.24) is 19.5 Å². The maximum absolute atomic E-state index is 12.9. The van der Waals surface area contributed by atoms with Crippen LogP contribution in [-0.4, -0.2) is 58.2 Å². The highest BCUT2D eigenvalue weighted by Crippen LogP contribution is 2.31. The minimum absolute atomic E-state index is 0.186. The number of fused-ring (bicyclic) bond motifs is 2. The Hall–Kier alpha value is -2.60. The average molecular weight is 378 g/mol. The van der Waals surface area contributed by atoms with Crippen molar-refractivity contribution in [3.05, 3.63) is 53.5 Å². The predicted octanol–water partition coefficient (Wildman–Crippen LogP) is 3.04. The van der Waals surface area contributed by atoms with Crippen LogP contribution < -0.4 is 0 Å². The molecule has 6 nitrogen and oxygen atoms in total. The first-order valence-electron chi connectivity index (χ1n) is 10.2. The monoisotopic (exact) mass is 378 g/mol. The molecule has 3 aromatic rings. The lowest BCUT2D eigenvalue weighted by Gasteiger charge is -2.24. The van der Waals surface area contributed by atoms with Crippen molar-refractivity contribution in [1.29, 1.82) is 0 Å². The summed E-state index contributed by atoms with van der Waals surface area (Å²) in [5.41, 5.74) is 4.00. The van der Waals surface area contributed by atoms with Crippen molar-refractivity contribution < 1.29 is 9.32 Å². The molecule has 1 saturated heterocycles. The van der Waals surface area contributed by atoms with E-state index in [1.54, 1.807) is 0 Å². The van der Waals surface area contributed by atoms with Gasteiger partial charge in [-0.15, -0.1) is 0 Å². The molecule has 0 saturated carbocycles. The highest BCUT2D eigenvalue weighted by molar-refractivity contribution is 5.95. The van der Waals surface area contributed by atoms with Gasteiger partial charge in [0, 0.05) is 56.4 Å². The Labute approximate surface area is 164 Å². The number of amides is 1. The van der Waals surface area contributed by atoms with Gasteiger partial charge in [-0.25, -0.2) is 0 Å². The van der Waals surface area contributed by atoms with Crippen LogP contribution in [0.2, 0.25) is 0 Å². The highest BCUT2D eigenvalue weighted by atomic mass is 16.5. The zero-order valence-corrected chi connectivity index (χ0v) is 16.3. The van der Waals surface area contributed by atoms with E-state index < -0.39 is 0 Å². The van der Waals surface area contributed by atoms with E-state index in [1.165, 1.54) is 5.69 Å². The van der Waals surface area contributed by atoms with Crippen LogP contribution in [0.15, 0.2) is 41.1 Å². The van der Waals surface area contributed by atoms with Gasteiger partial charge in [0.1, 0.15) is 0 Å². The number of benzene rings is 1. The third kappa shape index (κ3) is 3.02. The minimum atomic E-state index is 0.186. The zero-order valence-electron chi connectivity index (χ0n) is 16.3. The number of hydrogen-bond acceptors (Lipinski definition) is 4. The summed E-state index contributed by atoms with van der Waals surface area (Å²) < 4.78 is 7.58. The first-order valence-corrected chi connectivity index (χ1v) is 10.2. The van der Waals surface area contributed by atoms with Gasteiger partial charge in [0.2, 0.25) is 0 Å². The summed E-state index contributed by atoms with van der Waals surface area (Å²) in [5, 5.41) is 5.48. The van der Waals surface area contributed by atoms with Crippen LogP contribution in [0.3, 0.4) is 0 Å². The van der Waals surface area contributed by atoms with Crippen LogP contribution in [0.25, 0.3) is 11.0 Å². The zero-order chi connectivity index (χ0) is 19.1. The van der Waals surface area contributed by atoms with Gasteiger partial charge >= 0.3 is 0 Å². The van der Waals surface area contributed by atoms with Gasteiger partial charge in [-0.05, 0) is 44.0 Å². The van der Waals surface area contributed by atoms with E-state index in [9.17, 15) is 4.79 Å². The van der Waals surface area contributed by atoms with Gasteiger partial charge < -0.3 is 18.9 Å². The lowest BCUT2D eigenvalue weighted by molar-refractivity contribution is 0.0745. The fourth-order valence-electron chi connectivity index (χ4n) is 4.71. The predicted molar refractivity (Wildman–Crippen MR) is 107 cm³/mol. The van der Waals surface area contributed by atoms with Gasteiger partial charge in [0.05, 0.1) is 11.3 Å². The SMILES string of the molecule is Cn1ccc2c1CCCN(CCN1CCC(c3noc4ccccc34)C1)C2=O. The molecule has 0 N–H and O–H groups in total. The van der Waals surface area contributed by atoms with Gasteiger partial charge in [-0.2, -0.15) is 0 Å². The molecule has 1 amide bonds. The molecule has 146 valence electrons. The lowest BCUT2D eigenvalue weighted by atomic mass is 10.0. The number of aromatic nitrogens is 2. The molecule has 1 fully saturated rings. The first kappa shape index (κ1) is 17.5. The Morgan fingerprint density at radius 1 is 1.18 bits per heavy atom. The van der Waals surface area contributed by atoms with Crippen LogP contribution >= 0.6 is 0 Å². The molecule has 0 aliphatic carbocycles. The van der Waals surface area contributed by atoms with Gasteiger partial charge in [0.25, 0.3) is 5.91 Å². The molecule has 2 aromatic heterocycles. The van der Waals surface area contributed by atoms with Gasteiger partial charge in [0.15, 0.2) is 5.58 Å². The van der Waals surface area contributed by atoms with Crippen molar-refractivity contribution in [3.63, 3.8) is 0 Å². The van der Waals surface area contributed by atoms with Crippen molar-refractivity contribution in [2.45, 2.75) is 25.2 Å². The molecule has 2 aliphatic rings. The van der Waals surface area contributed by atoms with Crippen LogP contribution in [0.5, 0.6) is 0 Å². The molecule has 0 bridgehead atoms. The van der Waals surface area contributed by atoms with E-state index in [1.807, 2.05) is 42.4 Å². The molecule has 6 heteroatoms. The second kappa shape index (κ2) is 7.09. The van der Waals surface area contributed by atoms with Crippen molar-refractivity contribution >= 4 is 16.9 Å². The smallest absolute Gasteiger partial charge is 0.255 e. The highest BCUT2D eigenvalue weighted by Gasteiger charge is 2.29. The number of aryl methyl sites for hydroxylation is 1. The number of likely N-dealkylation sites (tertiary alicyclic amines) is 1. The molecule has 1 aromatic carbocycles. The van der Waals surface area contributed by atoms with Crippen molar-refractivity contribution in [2.24, 2.45) is 7.05 Å². The van der Waals surface area contributed by atoms with E-state index >= 15 is 0 Å². The molecule has 0 radical (unpaired) electrons. The molecule has 28 heavy (non-hydrogen) atoms.